The van der Waals surface area contributed by atoms with Crippen molar-refractivity contribution in [2.45, 2.75) is 119 Å². The van der Waals surface area contributed by atoms with Crippen LogP contribution in [0.15, 0.2) is 48.8 Å². The van der Waals surface area contributed by atoms with Gasteiger partial charge in [0.2, 0.25) is 0 Å². The van der Waals surface area contributed by atoms with Crippen LogP contribution in [0, 0.1) is 22.7 Å². The molecule has 4 atom stereocenters. The Kier molecular flexibility index (Phi) is 11.1. The average Bonchev–Trinajstić information content (AvgIpc) is 3.66. The topological polar surface area (TPSA) is 182 Å². The molecule has 6 N–H and O–H groups in total. The highest BCUT2D eigenvalue weighted by Crippen LogP contribution is 2.36. The summed E-state index contributed by atoms with van der Waals surface area (Å²) in [6.45, 7) is 23.2. The number of carbonyl (C=O) groups excluding carboxylic acids is 2. The van der Waals surface area contributed by atoms with Gasteiger partial charge in [-0.2, -0.15) is 0 Å². The van der Waals surface area contributed by atoms with Crippen LogP contribution in [0.25, 0.3) is 44.6 Å². The van der Waals surface area contributed by atoms with E-state index in [2.05, 4.69) is 20.6 Å². The zero-order valence-electron chi connectivity index (χ0n) is 33.8. The highest BCUT2D eigenvalue weighted by molar-refractivity contribution is 5.86. The molecule has 0 saturated carbocycles. The summed E-state index contributed by atoms with van der Waals surface area (Å²) < 4.78 is 0. The summed E-state index contributed by atoms with van der Waals surface area (Å²) in [4.78, 5) is 52.4. The fraction of sp³-hybridized carbons (Fsp3) is 0.524. The molecule has 0 saturated heterocycles. The normalized spacial score (nSPS) is 16.0. The molecule has 0 fully saturated rings. The molecule has 290 valence electrons. The summed E-state index contributed by atoms with van der Waals surface area (Å²) in [5.41, 5.74) is 2.33. The third-order valence-electron chi connectivity index (χ3n) is 9.67. The van der Waals surface area contributed by atoms with Crippen molar-refractivity contribution in [3.05, 3.63) is 60.4 Å². The van der Waals surface area contributed by atoms with Crippen molar-refractivity contribution in [2.75, 3.05) is 0 Å². The summed E-state index contributed by atoms with van der Waals surface area (Å²) >= 11 is 0. The number of rotatable bonds is 12. The number of aliphatic hydroxyl groups is 2. The van der Waals surface area contributed by atoms with Crippen molar-refractivity contribution in [1.82, 2.24) is 40.5 Å². The third kappa shape index (κ3) is 9.15. The third-order valence-corrected chi connectivity index (χ3v) is 9.67. The van der Waals surface area contributed by atoms with Crippen molar-refractivity contribution in [3.63, 3.8) is 0 Å². The van der Waals surface area contributed by atoms with Crippen molar-refractivity contribution >= 4 is 33.9 Å². The van der Waals surface area contributed by atoms with Crippen molar-refractivity contribution in [3.8, 4) is 22.5 Å². The van der Waals surface area contributed by atoms with E-state index in [9.17, 15) is 19.8 Å². The van der Waals surface area contributed by atoms with Gasteiger partial charge in [0, 0.05) is 11.1 Å². The maximum Gasteiger partial charge on any atom is 0.252 e. The number of nitrogens with one attached hydrogen (secondary N) is 4. The van der Waals surface area contributed by atoms with Gasteiger partial charge in [0.15, 0.2) is 0 Å². The van der Waals surface area contributed by atoms with Gasteiger partial charge in [-0.1, -0.05) is 81.4 Å². The van der Waals surface area contributed by atoms with E-state index in [0.29, 0.717) is 35.9 Å². The molecule has 3 heterocycles. The molecule has 5 aromatic rings. The predicted octanol–water partition coefficient (Wildman–Crippen LogP) is 7.56. The van der Waals surface area contributed by atoms with Crippen LogP contribution in [0.2, 0.25) is 0 Å². The van der Waals surface area contributed by atoms with Crippen LogP contribution in [0.5, 0.6) is 0 Å². The van der Waals surface area contributed by atoms with Gasteiger partial charge in [0.1, 0.15) is 22.9 Å². The quantitative estimate of drug-likeness (QED) is 0.0758. The molecule has 0 aliphatic rings. The number of imidazole rings is 2. The van der Waals surface area contributed by atoms with Crippen LogP contribution < -0.4 is 10.6 Å². The minimum Gasteiger partial charge on any atom is -0.380 e. The summed E-state index contributed by atoms with van der Waals surface area (Å²) in [7, 11) is 0. The van der Waals surface area contributed by atoms with E-state index in [-0.39, 0.29) is 22.7 Å². The number of H-pyrrole nitrogens is 2. The molecule has 0 aliphatic heterocycles. The second kappa shape index (κ2) is 14.9. The predicted molar refractivity (Wildman–Crippen MR) is 213 cm³/mol. The van der Waals surface area contributed by atoms with Gasteiger partial charge in [-0.05, 0) is 73.6 Å². The molecular formula is C42H58N8O4. The number of amides is 2. The molecular weight excluding hydrogens is 681 g/mol. The minimum atomic E-state index is -1.50. The molecule has 3 unspecified atom stereocenters. The van der Waals surface area contributed by atoms with Gasteiger partial charge in [-0.15, -0.1) is 0 Å². The fourth-order valence-electron chi connectivity index (χ4n) is 7.01. The lowest BCUT2D eigenvalue weighted by Gasteiger charge is -2.33. The van der Waals surface area contributed by atoms with E-state index in [1.807, 2.05) is 106 Å². The zero-order valence-corrected chi connectivity index (χ0v) is 33.8. The van der Waals surface area contributed by atoms with E-state index >= 15 is 0 Å². The summed E-state index contributed by atoms with van der Waals surface area (Å²) in [5.74, 6) is 0.672. The molecule has 2 amide bonds. The number of fused-ring (bicyclic) bond motifs is 2. The smallest absolute Gasteiger partial charge is 0.252 e. The Hall–Kier alpha value is -4.68. The number of hydrogen-bond acceptors (Lipinski definition) is 8. The highest BCUT2D eigenvalue weighted by Gasteiger charge is 2.39. The number of hydrogen-bond donors (Lipinski definition) is 6. The van der Waals surface area contributed by atoms with Gasteiger partial charge in [0.25, 0.3) is 11.8 Å². The second-order valence-corrected chi connectivity index (χ2v) is 18.3. The SMILES string of the molecule is CC(C)CC(C)(O)C(=O)NC(c1nc2cc(-c3cnc(-c4ccc5[nH]c([C@@H](NC(=O)C(C)(O)CC(C)C)C(C)(C)C)nc5c4)cn3)ccc2[nH]1)C(C)(C)C. The number of aromatic nitrogens is 6. The zero-order chi connectivity index (χ0) is 40.0. The van der Waals surface area contributed by atoms with E-state index in [1.165, 1.54) is 0 Å². The first kappa shape index (κ1) is 40.5. The number of benzene rings is 2. The Bertz CT molecular complexity index is 1960. The first-order valence-electron chi connectivity index (χ1n) is 18.8. The van der Waals surface area contributed by atoms with Crippen LogP contribution in [0.3, 0.4) is 0 Å². The lowest BCUT2D eigenvalue weighted by atomic mass is 9.85. The van der Waals surface area contributed by atoms with Crippen molar-refractivity contribution in [1.29, 1.82) is 0 Å². The molecule has 54 heavy (non-hydrogen) atoms. The average molecular weight is 739 g/mol. The van der Waals surface area contributed by atoms with Crippen LogP contribution in [-0.2, 0) is 9.59 Å². The first-order chi connectivity index (χ1) is 24.9. The Labute approximate surface area is 318 Å². The fourth-order valence-corrected chi connectivity index (χ4v) is 7.01. The van der Waals surface area contributed by atoms with Crippen LogP contribution in [-0.4, -0.2) is 63.1 Å². The highest BCUT2D eigenvalue weighted by atomic mass is 16.3. The Morgan fingerprint density at radius 3 is 1.28 bits per heavy atom. The molecule has 0 bridgehead atoms. The minimum absolute atomic E-state index is 0.155. The molecule has 0 radical (unpaired) electrons. The molecule has 0 spiro atoms. The van der Waals surface area contributed by atoms with E-state index in [1.54, 1.807) is 26.2 Å². The summed E-state index contributed by atoms with van der Waals surface area (Å²) in [6.07, 6.45) is 4.16. The number of carbonyl (C=O) groups is 2. The molecule has 5 rings (SSSR count). The Morgan fingerprint density at radius 1 is 0.630 bits per heavy atom. The van der Waals surface area contributed by atoms with Crippen molar-refractivity contribution in [2.24, 2.45) is 22.7 Å². The standard InChI is InChI=1S/C42H58N8O4/c1-23(2)19-41(11,53)37(51)49-33(39(5,6)7)35-45-27-15-13-25(17-29(27)47-35)31-21-44-32(22-43-31)26-14-16-28-30(18-26)48-36(46-28)34(40(8,9)10)50-38(52)42(12,54)20-24(3)4/h13-18,21-24,33-34,53-54H,19-20H2,1-12H3,(H,45,47)(H,46,48)(H,49,51)(H,50,52)/t33-,34?,41?,42?/m1/s1. The summed E-state index contributed by atoms with van der Waals surface area (Å²) in [5, 5.41) is 27.9. The maximum atomic E-state index is 13.2. The maximum absolute atomic E-state index is 13.2. The molecule has 3 aromatic heterocycles. The van der Waals surface area contributed by atoms with E-state index < -0.39 is 35.1 Å². The molecule has 12 heteroatoms. The van der Waals surface area contributed by atoms with Crippen molar-refractivity contribution < 1.29 is 19.8 Å². The molecule has 2 aromatic carbocycles. The van der Waals surface area contributed by atoms with Crippen LogP contribution in [0.4, 0.5) is 0 Å². The van der Waals surface area contributed by atoms with Gasteiger partial charge in [0.05, 0.1) is 57.9 Å². The van der Waals surface area contributed by atoms with E-state index in [4.69, 9.17) is 19.9 Å². The van der Waals surface area contributed by atoms with Gasteiger partial charge >= 0.3 is 0 Å². The van der Waals surface area contributed by atoms with Gasteiger partial charge in [-0.25, -0.2) is 9.97 Å². The lowest BCUT2D eigenvalue weighted by molar-refractivity contribution is -0.141. The van der Waals surface area contributed by atoms with Gasteiger partial charge < -0.3 is 30.8 Å². The Balaban J connectivity index is 1.37. The van der Waals surface area contributed by atoms with Gasteiger partial charge in [-0.3, -0.25) is 19.6 Å². The second-order valence-electron chi connectivity index (χ2n) is 18.3. The van der Waals surface area contributed by atoms with Crippen LogP contribution >= 0.6 is 0 Å². The van der Waals surface area contributed by atoms with E-state index in [0.717, 1.165) is 33.2 Å². The number of nitrogens with zero attached hydrogens (tertiary/aromatic N) is 4. The Morgan fingerprint density at radius 2 is 0.981 bits per heavy atom. The summed E-state index contributed by atoms with van der Waals surface area (Å²) in [6, 6.07) is 10.7. The lowest BCUT2D eigenvalue weighted by Crippen LogP contribution is -2.49. The monoisotopic (exact) mass is 738 g/mol. The molecule has 0 aliphatic carbocycles. The van der Waals surface area contributed by atoms with Crippen LogP contribution in [0.1, 0.15) is 120 Å². The number of aromatic amines is 2. The molecule has 12 nitrogen and oxygen atoms in total. The first-order valence-corrected chi connectivity index (χ1v) is 18.8. The largest absolute Gasteiger partial charge is 0.380 e.